The van der Waals surface area contributed by atoms with Gasteiger partial charge in [0.15, 0.2) is 0 Å². The first-order valence-electron chi connectivity index (χ1n) is 6.52. The van der Waals surface area contributed by atoms with Gasteiger partial charge in [-0.2, -0.15) is 0 Å². The van der Waals surface area contributed by atoms with E-state index in [1.54, 1.807) is 0 Å². The Labute approximate surface area is 110 Å². The van der Waals surface area contributed by atoms with E-state index in [9.17, 15) is 0 Å². The zero-order valence-electron chi connectivity index (χ0n) is 11.5. The maximum absolute atomic E-state index is 3.52. The molecule has 1 nitrogen and oxygen atoms in total. The van der Waals surface area contributed by atoms with Crippen molar-refractivity contribution in [2.45, 2.75) is 27.2 Å². The van der Waals surface area contributed by atoms with Gasteiger partial charge in [0.05, 0.1) is 0 Å². The molecule has 18 heavy (non-hydrogen) atoms. The summed E-state index contributed by atoms with van der Waals surface area (Å²) in [7, 11) is 0. The monoisotopic (exact) mass is 239 g/mol. The first-order chi connectivity index (χ1) is 8.66. The minimum atomic E-state index is 0.981. The van der Waals surface area contributed by atoms with E-state index >= 15 is 0 Å². The average Bonchev–Trinajstić information content (AvgIpc) is 2.34. The molecule has 0 heterocycles. The lowest BCUT2D eigenvalue weighted by Crippen LogP contribution is -2.06. The molecule has 0 bridgehead atoms. The van der Waals surface area contributed by atoms with Gasteiger partial charge in [-0.25, -0.2) is 0 Å². The van der Waals surface area contributed by atoms with Crippen molar-refractivity contribution < 1.29 is 0 Å². The fourth-order valence-corrected chi connectivity index (χ4v) is 2.23. The molecule has 2 rings (SSSR count). The Hall–Kier alpha value is -1.76. The second-order valence-electron chi connectivity index (χ2n) is 4.92. The van der Waals surface area contributed by atoms with Crippen LogP contribution in [0.5, 0.6) is 0 Å². The van der Waals surface area contributed by atoms with Crippen LogP contribution in [0.15, 0.2) is 42.5 Å². The third-order valence-electron chi connectivity index (χ3n) is 3.35. The Morgan fingerprint density at radius 1 is 0.889 bits per heavy atom. The van der Waals surface area contributed by atoms with Gasteiger partial charge in [0, 0.05) is 12.2 Å². The number of hydrogen-bond donors (Lipinski definition) is 1. The first kappa shape index (κ1) is 12.7. The molecule has 2 aromatic carbocycles. The molecule has 0 atom stereocenters. The summed E-state index contributed by atoms with van der Waals surface area (Å²) in [4.78, 5) is 0. The molecule has 0 fully saturated rings. The lowest BCUT2D eigenvalue weighted by Gasteiger charge is -2.11. The molecule has 0 saturated carbocycles. The molecule has 0 saturated heterocycles. The quantitative estimate of drug-likeness (QED) is 0.840. The van der Waals surface area contributed by atoms with E-state index in [0.29, 0.717) is 0 Å². The van der Waals surface area contributed by atoms with Crippen LogP contribution < -0.4 is 5.32 Å². The van der Waals surface area contributed by atoms with Gasteiger partial charge in [0.2, 0.25) is 0 Å². The fraction of sp³-hybridized carbons (Fsp3) is 0.294. The standard InChI is InChI=1S/C17H21N/c1-13-8-9-17(15(3)12-13)18-11-10-16-7-5-4-6-14(16)2/h4-9,12,18H,10-11H2,1-3H3. The second kappa shape index (κ2) is 5.72. The van der Waals surface area contributed by atoms with Gasteiger partial charge in [-0.05, 0) is 49.9 Å². The average molecular weight is 239 g/mol. The van der Waals surface area contributed by atoms with E-state index < -0.39 is 0 Å². The second-order valence-corrected chi connectivity index (χ2v) is 4.92. The number of nitrogens with one attached hydrogen (secondary N) is 1. The largest absolute Gasteiger partial charge is 0.384 e. The number of benzene rings is 2. The smallest absolute Gasteiger partial charge is 0.0370 e. The van der Waals surface area contributed by atoms with E-state index in [4.69, 9.17) is 0 Å². The maximum Gasteiger partial charge on any atom is 0.0370 e. The Balaban J connectivity index is 1.95. The number of hydrogen-bond acceptors (Lipinski definition) is 1. The summed E-state index contributed by atoms with van der Waals surface area (Å²) in [6.07, 6.45) is 1.07. The summed E-state index contributed by atoms with van der Waals surface area (Å²) in [6.45, 7) is 7.44. The molecular weight excluding hydrogens is 218 g/mol. The highest BCUT2D eigenvalue weighted by atomic mass is 14.9. The molecule has 94 valence electrons. The van der Waals surface area contributed by atoms with Crippen LogP contribution in [0.3, 0.4) is 0 Å². The Morgan fingerprint density at radius 2 is 1.67 bits per heavy atom. The molecule has 2 aromatic rings. The molecule has 1 N–H and O–H groups in total. The molecule has 0 radical (unpaired) electrons. The molecule has 0 aliphatic rings. The SMILES string of the molecule is Cc1ccc(NCCc2ccccc2C)c(C)c1. The highest BCUT2D eigenvalue weighted by molar-refractivity contribution is 5.52. The van der Waals surface area contributed by atoms with Crippen molar-refractivity contribution in [3.63, 3.8) is 0 Å². The molecule has 0 aliphatic carbocycles. The van der Waals surface area contributed by atoms with Crippen molar-refractivity contribution in [1.29, 1.82) is 0 Å². The van der Waals surface area contributed by atoms with Crippen molar-refractivity contribution in [1.82, 2.24) is 0 Å². The predicted octanol–water partition coefficient (Wildman–Crippen LogP) is 4.27. The van der Waals surface area contributed by atoms with Crippen LogP contribution in [0.4, 0.5) is 5.69 Å². The van der Waals surface area contributed by atoms with E-state index in [2.05, 4.69) is 68.6 Å². The van der Waals surface area contributed by atoms with Gasteiger partial charge in [0.25, 0.3) is 0 Å². The number of rotatable bonds is 4. The summed E-state index contributed by atoms with van der Waals surface area (Å²) in [6, 6.07) is 15.1. The lowest BCUT2D eigenvalue weighted by atomic mass is 10.1. The van der Waals surface area contributed by atoms with E-state index in [-0.39, 0.29) is 0 Å². The van der Waals surface area contributed by atoms with Crippen molar-refractivity contribution in [3.05, 3.63) is 64.7 Å². The van der Waals surface area contributed by atoms with E-state index in [1.165, 1.54) is 27.9 Å². The maximum atomic E-state index is 3.52. The van der Waals surface area contributed by atoms with Crippen LogP contribution in [0.1, 0.15) is 22.3 Å². The third-order valence-corrected chi connectivity index (χ3v) is 3.35. The number of anilines is 1. The Bertz CT molecular complexity index is 529. The van der Waals surface area contributed by atoms with Crippen molar-refractivity contribution in [3.8, 4) is 0 Å². The first-order valence-corrected chi connectivity index (χ1v) is 6.52. The van der Waals surface area contributed by atoms with Crippen molar-refractivity contribution >= 4 is 5.69 Å². The van der Waals surface area contributed by atoms with Gasteiger partial charge in [-0.3, -0.25) is 0 Å². The van der Waals surface area contributed by atoms with Crippen LogP contribution in [0, 0.1) is 20.8 Å². The molecule has 0 spiro atoms. The van der Waals surface area contributed by atoms with Gasteiger partial charge in [0.1, 0.15) is 0 Å². The highest BCUT2D eigenvalue weighted by Gasteiger charge is 1.99. The highest BCUT2D eigenvalue weighted by Crippen LogP contribution is 2.16. The topological polar surface area (TPSA) is 12.0 Å². The molecular formula is C17H21N. The Morgan fingerprint density at radius 3 is 2.39 bits per heavy atom. The van der Waals surface area contributed by atoms with E-state index in [0.717, 1.165) is 13.0 Å². The van der Waals surface area contributed by atoms with Gasteiger partial charge in [-0.1, -0.05) is 42.0 Å². The summed E-state index contributed by atoms with van der Waals surface area (Å²) in [5.41, 5.74) is 6.68. The molecule has 0 aliphatic heterocycles. The molecule has 0 amide bonds. The third kappa shape index (κ3) is 3.13. The normalized spacial score (nSPS) is 10.4. The van der Waals surface area contributed by atoms with Crippen molar-refractivity contribution in [2.24, 2.45) is 0 Å². The Kier molecular flexibility index (Phi) is 4.03. The van der Waals surface area contributed by atoms with Crippen LogP contribution in [0.25, 0.3) is 0 Å². The minimum Gasteiger partial charge on any atom is -0.384 e. The summed E-state index contributed by atoms with van der Waals surface area (Å²) < 4.78 is 0. The van der Waals surface area contributed by atoms with Crippen molar-refractivity contribution in [2.75, 3.05) is 11.9 Å². The minimum absolute atomic E-state index is 0.981. The molecule has 0 unspecified atom stereocenters. The zero-order valence-corrected chi connectivity index (χ0v) is 11.5. The van der Waals surface area contributed by atoms with Gasteiger partial charge >= 0.3 is 0 Å². The summed E-state index contributed by atoms with van der Waals surface area (Å²) in [5.74, 6) is 0. The summed E-state index contributed by atoms with van der Waals surface area (Å²) >= 11 is 0. The van der Waals surface area contributed by atoms with Crippen LogP contribution >= 0.6 is 0 Å². The molecule has 1 heteroatoms. The van der Waals surface area contributed by atoms with Crippen LogP contribution in [-0.2, 0) is 6.42 Å². The van der Waals surface area contributed by atoms with E-state index in [1.807, 2.05) is 0 Å². The lowest BCUT2D eigenvalue weighted by molar-refractivity contribution is 1.00. The van der Waals surface area contributed by atoms with Gasteiger partial charge in [-0.15, -0.1) is 0 Å². The van der Waals surface area contributed by atoms with Crippen LogP contribution in [0.2, 0.25) is 0 Å². The van der Waals surface area contributed by atoms with Gasteiger partial charge < -0.3 is 5.32 Å². The predicted molar refractivity (Wildman–Crippen MR) is 79.3 cm³/mol. The summed E-state index contributed by atoms with van der Waals surface area (Å²) in [5, 5.41) is 3.52. The fourth-order valence-electron chi connectivity index (χ4n) is 2.23. The van der Waals surface area contributed by atoms with Crippen LogP contribution in [-0.4, -0.2) is 6.54 Å². The zero-order chi connectivity index (χ0) is 13.0. The molecule has 0 aromatic heterocycles. The number of aryl methyl sites for hydroxylation is 3.